The van der Waals surface area contributed by atoms with Crippen molar-refractivity contribution in [1.29, 1.82) is 0 Å². The Kier molecular flexibility index (Phi) is 4.59. The van der Waals surface area contributed by atoms with Crippen molar-refractivity contribution >= 4 is 5.82 Å². The first-order chi connectivity index (χ1) is 8.72. The highest BCUT2D eigenvalue weighted by Gasteiger charge is 2.20. The third-order valence-electron chi connectivity index (χ3n) is 3.90. The van der Waals surface area contributed by atoms with Gasteiger partial charge in [-0.3, -0.25) is 0 Å². The smallest absolute Gasteiger partial charge is 0.128 e. The van der Waals surface area contributed by atoms with E-state index in [-0.39, 0.29) is 0 Å². The maximum Gasteiger partial charge on any atom is 0.128 e. The number of aliphatic hydroxyl groups excluding tert-OH is 1. The number of anilines is 1. The second-order valence-corrected chi connectivity index (χ2v) is 5.20. The van der Waals surface area contributed by atoms with Gasteiger partial charge in [-0.15, -0.1) is 0 Å². The molecule has 1 aromatic heterocycles. The van der Waals surface area contributed by atoms with E-state index in [1.807, 2.05) is 12.1 Å². The van der Waals surface area contributed by atoms with Crippen molar-refractivity contribution < 1.29 is 5.11 Å². The van der Waals surface area contributed by atoms with Crippen molar-refractivity contribution in [2.75, 3.05) is 11.4 Å². The molecule has 0 bridgehead atoms. The lowest BCUT2D eigenvalue weighted by atomic mass is 9.94. The fourth-order valence-corrected chi connectivity index (χ4v) is 2.81. The zero-order valence-electron chi connectivity index (χ0n) is 11.5. The van der Waals surface area contributed by atoms with Crippen LogP contribution < -0.4 is 4.90 Å². The predicted molar refractivity (Wildman–Crippen MR) is 74.8 cm³/mol. The highest BCUT2D eigenvalue weighted by atomic mass is 16.3. The van der Waals surface area contributed by atoms with E-state index in [0.29, 0.717) is 6.04 Å². The molecule has 0 unspecified atom stereocenters. The van der Waals surface area contributed by atoms with Crippen LogP contribution in [0.15, 0.2) is 18.3 Å². The topological polar surface area (TPSA) is 36.4 Å². The molecule has 3 nitrogen and oxygen atoms in total. The Labute approximate surface area is 110 Å². The zero-order valence-corrected chi connectivity index (χ0v) is 11.5. The predicted octanol–water partition coefficient (Wildman–Crippen LogP) is 3.29. The van der Waals surface area contributed by atoms with Crippen LogP contribution in [0.5, 0.6) is 0 Å². The maximum absolute atomic E-state index is 9.51. The molecule has 0 spiro atoms. The average molecular weight is 248 g/mol. The fourth-order valence-electron chi connectivity index (χ4n) is 2.81. The van der Waals surface area contributed by atoms with Crippen molar-refractivity contribution in [3.8, 4) is 0 Å². The fraction of sp³-hybridized carbons (Fsp3) is 0.667. The Balaban J connectivity index is 2.11. The summed E-state index contributed by atoms with van der Waals surface area (Å²) in [6, 6.07) is 4.67. The molecule has 1 saturated carbocycles. The van der Waals surface area contributed by atoms with Gasteiger partial charge in [0.2, 0.25) is 0 Å². The van der Waals surface area contributed by atoms with Gasteiger partial charge in [-0.1, -0.05) is 25.3 Å². The molecule has 1 atom stereocenters. The molecule has 1 fully saturated rings. The molecule has 0 amide bonds. The van der Waals surface area contributed by atoms with Crippen molar-refractivity contribution in [3.05, 3.63) is 23.9 Å². The summed E-state index contributed by atoms with van der Waals surface area (Å²) >= 11 is 0. The molecule has 0 aromatic carbocycles. The Morgan fingerprint density at radius 3 is 2.56 bits per heavy atom. The van der Waals surface area contributed by atoms with E-state index in [4.69, 9.17) is 0 Å². The van der Waals surface area contributed by atoms with E-state index in [2.05, 4.69) is 16.8 Å². The normalized spacial score (nSPS) is 18.6. The molecular weight excluding hydrogens is 224 g/mol. The van der Waals surface area contributed by atoms with E-state index in [9.17, 15) is 5.11 Å². The van der Waals surface area contributed by atoms with Gasteiger partial charge < -0.3 is 10.0 Å². The van der Waals surface area contributed by atoms with Crippen LogP contribution in [0.1, 0.15) is 57.6 Å². The molecule has 1 aliphatic rings. The lowest BCUT2D eigenvalue weighted by Crippen LogP contribution is -2.37. The molecule has 1 aromatic rings. The van der Waals surface area contributed by atoms with Gasteiger partial charge in [0.1, 0.15) is 5.82 Å². The molecule has 3 heteroatoms. The summed E-state index contributed by atoms with van der Waals surface area (Å²) in [5.74, 6) is 1.05. The number of hydrogen-bond acceptors (Lipinski definition) is 3. The van der Waals surface area contributed by atoms with Gasteiger partial charge in [-0.25, -0.2) is 4.98 Å². The molecule has 1 heterocycles. The first kappa shape index (κ1) is 13.3. The van der Waals surface area contributed by atoms with Crippen LogP contribution in [-0.2, 0) is 0 Å². The molecular formula is C15H24N2O. The quantitative estimate of drug-likeness (QED) is 0.888. The minimum atomic E-state index is -0.434. The Bertz CT molecular complexity index is 355. The van der Waals surface area contributed by atoms with Gasteiger partial charge in [0.05, 0.1) is 6.10 Å². The summed E-state index contributed by atoms with van der Waals surface area (Å²) in [4.78, 5) is 6.92. The van der Waals surface area contributed by atoms with Gasteiger partial charge >= 0.3 is 0 Å². The van der Waals surface area contributed by atoms with E-state index in [1.165, 1.54) is 32.1 Å². The first-order valence-corrected chi connectivity index (χ1v) is 7.13. The third kappa shape index (κ3) is 3.02. The van der Waals surface area contributed by atoms with Crippen molar-refractivity contribution in [2.45, 2.75) is 58.1 Å². The van der Waals surface area contributed by atoms with E-state index in [1.54, 1.807) is 13.1 Å². The molecule has 2 rings (SSSR count). The second kappa shape index (κ2) is 6.19. The zero-order chi connectivity index (χ0) is 13.0. The number of aromatic nitrogens is 1. The number of nitrogens with zero attached hydrogens (tertiary/aromatic N) is 2. The van der Waals surface area contributed by atoms with Gasteiger partial charge in [-0.05, 0) is 38.3 Å². The minimum absolute atomic E-state index is 0.434. The van der Waals surface area contributed by atoms with E-state index in [0.717, 1.165) is 17.9 Å². The van der Waals surface area contributed by atoms with Gasteiger partial charge in [0, 0.05) is 18.8 Å². The Morgan fingerprint density at radius 1 is 1.33 bits per heavy atom. The number of pyridine rings is 1. The van der Waals surface area contributed by atoms with Gasteiger partial charge in [0.15, 0.2) is 0 Å². The van der Waals surface area contributed by atoms with Crippen molar-refractivity contribution in [2.24, 2.45) is 0 Å². The summed E-state index contributed by atoms with van der Waals surface area (Å²) in [7, 11) is 0. The van der Waals surface area contributed by atoms with Crippen LogP contribution in [-0.4, -0.2) is 22.7 Å². The number of aliphatic hydroxyl groups is 1. The summed E-state index contributed by atoms with van der Waals surface area (Å²) in [5, 5.41) is 9.51. The largest absolute Gasteiger partial charge is 0.389 e. The standard InChI is InChI=1S/C15H24N2O/c1-3-17(14-7-5-4-6-8-14)15-10-9-13(11-16-15)12(2)18/h9-12,14,18H,3-8H2,1-2H3/t12-/m0/s1. The van der Waals surface area contributed by atoms with Crippen LogP contribution in [0.4, 0.5) is 5.82 Å². The van der Waals surface area contributed by atoms with Gasteiger partial charge in [0.25, 0.3) is 0 Å². The molecule has 0 saturated heterocycles. The first-order valence-electron chi connectivity index (χ1n) is 7.13. The molecule has 100 valence electrons. The number of rotatable bonds is 4. The molecule has 1 N–H and O–H groups in total. The molecule has 18 heavy (non-hydrogen) atoms. The highest BCUT2D eigenvalue weighted by molar-refractivity contribution is 5.40. The van der Waals surface area contributed by atoms with E-state index < -0.39 is 6.10 Å². The minimum Gasteiger partial charge on any atom is -0.389 e. The highest BCUT2D eigenvalue weighted by Crippen LogP contribution is 2.26. The van der Waals surface area contributed by atoms with Crippen LogP contribution >= 0.6 is 0 Å². The summed E-state index contributed by atoms with van der Waals surface area (Å²) in [6.07, 6.45) is 7.99. The maximum atomic E-state index is 9.51. The monoisotopic (exact) mass is 248 g/mol. The lowest BCUT2D eigenvalue weighted by Gasteiger charge is -2.34. The molecule has 0 radical (unpaired) electrons. The second-order valence-electron chi connectivity index (χ2n) is 5.20. The van der Waals surface area contributed by atoms with E-state index >= 15 is 0 Å². The van der Waals surface area contributed by atoms with Crippen LogP contribution in [0, 0.1) is 0 Å². The van der Waals surface area contributed by atoms with Crippen LogP contribution in [0.3, 0.4) is 0 Å². The summed E-state index contributed by atoms with van der Waals surface area (Å²) in [5.41, 5.74) is 0.887. The molecule has 0 aliphatic heterocycles. The molecule has 1 aliphatic carbocycles. The summed E-state index contributed by atoms with van der Waals surface area (Å²) < 4.78 is 0. The average Bonchev–Trinajstić information content (AvgIpc) is 2.41. The van der Waals surface area contributed by atoms with Gasteiger partial charge in [-0.2, -0.15) is 0 Å². The Morgan fingerprint density at radius 2 is 2.06 bits per heavy atom. The lowest BCUT2D eigenvalue weighted by molar-refractivity contribution is 0.199. The number of hydrogen-bond donors (Lipinski definition) is 1. The van der Waals surface area contributed by atoms with Crippen LogP contribution in [0.25, 0.3) is 0 Å². The Hall–Kier alpha value is -1.09. The van der Waals surface area contributed by atoms with Crippen molar-refractivity contribution in [3.63, 3.8) is 0 Å². The third-order valence-corrected chi connectivity index (χ3v) is 3.90. The summed E-state index contributed by atoms with van der Waals surface area (Å²) in [6.45, 7) is 4.97. The SMILES string of the molecule is CCN(c1ccc([C@H](C)O)cn1)C1CCCCC1. The van der Waals surface area contributed by atoms with Crippen LogP contribution in [0.2, 0.25) is 0 Å². The van der Waals surface area contributed by atoms with Crippen molar-refractivity contribution in [1.82, 2.24) is 4.98 Å².